The van der Waals surface area contributed by atoms with Crippen LogP contribution in [0.1, 0.15) is 73.0 Å². The van der Waals surface area contributed by atoms with Gasteiger partial charge in [-0.2, -0.15) is 0 Å². The number of primary amides is 1. The number of rotatable bonds is 6. The maximum absolute atomic E-state index is 13.4. The second-order valence-electron chi connectivity index (χ2n) is 11.3. The van der Waals surface area contributed by atoms with Gasteiger partial charge in [-0.1, -0.05) is 45.0 Å². The number of anilines is 1. The molecule has 1 atom stereocenters. The number of aromatic nitrogens is 2. The maximum Gasteiger partial charge on any atom is 0.272 e. The van der Waals surface area contributed by atoms with Crippen molar-refractivity contribution in [1.29, 1.82) is 0 Å². The summed E-state index contributed by atoms with van der Waals surface area (Å²) in [6, 6.07) is 9.01. The van der Waals surface area contributed by atoms with Crippen LogP contribution in [0.3, 0.4) is 0 Å². The smallest absolute Gasteiger partial charge is 0.272 e. The highest BCUT2D eigenvalue weighted by molar-refractivity contribution is 5.94. The van der Waals surface area contributed by atoms with Gasteiger partial charge in [0.25, 0.3) is 5.91 Å². The van der Waals surface area contributed by atoms with Crippen LogP contribution in [0, 0.1) is 19.8 Å². The lowest BCUT2D eigenvalue weighted by molar-refractivity contribution is -0.121. The molecule has 1 aromatic heterocycles. The third-order valence-corrected chi connectivity index (χ3v) is 7.63. The third kappa shape index (κ3) is 5.86. The van der Waals surface area contributed by atoms with Crippen LogP contribution in [0.2, 0.25) is 0 Å². The predicted molar refractivity (Wildman–Crippen MR) is 142 cm³/mol. The monoisotopic (exact) mass is 492 g/mol. The van der Waals surface area contributed by atoms with E-state index in [2.05, 4.69) is 65.2 Å². The minimum Gasteiger partial charge on any atom is -0.369 e. The summed E-state index contributed by atoms with van der Waals surface area (Å²) in [5.74, 6) is 1.00. The standard InChI is InChI=1S/C28H40N6O2/c1-18-24(27(36)33-14-11-23(12-15-33)34-13-10-21(17-34)25(29)35)31-19(2)32-26(18)30-16-20-6-8-22(9-7-20)28(3,4)5/h6-9,21,23H,10-17H2,1-5H3,(H2,29,35)(H,30,31,32)/t21-/m1/s1. The Bertz CT molecular complexity index is 1100. The highest BCUT2D eigenvalue weighted by atomic mass is 16.2. The number of hydrogen-bond donors (Lipinski definition) is 2. The molecule has 0 saturated carbocycles. The number of piperidine rings is 1. The number of likely N-dealkylation sites (tertiary alicyclic amines) is 2. The van der Waals surface area contributed by atoms with Crippen molar-refractivity contribution in [2.24, 2.45) is 11.7 Å². The van der Waals surface area contributed by atoms with Gasteiger partial charge < -0.3 is 16.0 Å². The number of carbonyl (C=O) groups is 2. The molecular weight excluding hydrogens is 452 g/mol. The Morgan fingerprint density at radius 3 is 2.28 bits per heavy atom. The van der Waals surface area contributed by atoms with Crippen LogP contribution in [-0.2, 0) is 16.8 Å². The zero-order valence-electron chi connectivity index (χ0n) is 22.3. The van der Waals surface area contributed by atoms with Gasteiger partial charge in [-0.05, 0) is 56.2 Å². The molecule has 1 aromatic carbocycles. The topological polar surface area (TPSA) is 104 Å². The molecule has 2 saturated heterocycles. The lowest BCUT2D eigenvalue weighted by atomic mass is 9.87. The van der Waals surface area contributed by atoms with Crippen molar-refractivity contribution in [3.63, 3.8) is 0 Å². The van der Waals surface area contributed by atoms with Gasteiger partial charge in [-0.25, -0.2) is 9.97 Å². The van der Waals surface area contributed by atoms with Gasteiger partial charge in [0.15, 0.2) is 0 Å². The molecule has 0 spiro atoms. The molecule has 2 aromatic rings. The Hall–Kier alpha value is -3.00. The molecule has 3 N–H and O–H groups in total. The summed E-state index contributed by atoms with van der Waals surface area (Å²) in [5, 5.41) is 3.42. The SMILES string of the molecule is Cc1nc(NCc2ccc(C(C)(C)C)cc2)c(C)c(C(=O)N2CCC(N3CC[C@@H](C(N)=O)C3)CC2)n1. The van der Waals surface area contributed by atoms with Crippen LogP contribution in [0.25, 0.3) is 0 Å². The lowest BCUT2D eigenvalue weighted by Crippen LogP contribution is -2.46. The fraction of sp³-hybridized carbons (Fsp3) is 0.571. The number of aryl methyl sites for hydroxylation is 1. The fourth-order valence-corrected chi connectivity index (χ4v) is 5.25. The normalized spacial score (nSPS) is 19.5. The molecule has 2 fully saturated rings. The summed E-state index contributed by atoms with van der Waals surface area (Å²) in [5.41, 5.74) is 9.33. The Kier molecular flexibility index (Phi) is 7.64. The van der Waals surface area contributed by atoms with E-state index in [1.54, 1.807) is 0 Å². The average Bonchev–Trinajstić information content (AvgIpc) is 3.34. The van der Waals surface area contributed by atoms with Crippen molar-refractivity contribution in [3.05, 3.63) is 52.5 Å². The first-order valence-electron chi connectivity index (χ1n) is 13.0. The maximum atomic E-state index is 13.4. The molecule has 0 radical (unpaired) electrons. The number of hydrogen-bond acceptors (Lipinski definition) is 6. The third-order valence-electron chi connectivity index (χ3n) is 7.63. The Balaban J connectivity index is 1.38. The van der Waals surface area contributed by atoms with Gasteiger partial charge in [0.1, 0.15) is 17.3 Å². The van der Waals surface area contributed by atoms with E-state index in [0.29, 0.717) is 43.0 Å². The quantitative estimate of drug-likeness (QED) is 0.640. The van der Waals surface area contributed by atoms with Crippen LogP contribution in [-0.4, -0.2) is 63.8 Å². The molecule has 4 rings (SSSR count). The van der Waals surface area contributed by atoms with Gasteiger partial charge >= 0.3 is 0 Å². The van der Waals surface area contributed by atoms with Gasteiger partial charge in [-0.3, -0.25) is 14.5 Å². The molecule has 8 nitrogen and oxygen atoms in total. The Labute approximate surface area is 214 Å². The molecule has 2 amide bonds. The van der Waals surface area contributed by atoms with Crippen molar-refractivity contribution >= 4 is 17.6 Å². The molecule has 2 aliphatic rings. The first kappa shape index (κ1) is 26.1. The summed E-state index contributed by atoms with van der Waals surface area (Å²) < 4.78 is 0. The molecule has 36 heavy (non-hydrogen) atoms. The average molecular weight is 493 g/mol. The minimum atomic E-state index is -0.203. The van der Waals surface area contributed by atoms with Crippen molar-refractivity contribution in [3.8, 4) is 0 Å². The van der Waals surface area contributed by atoms with Gasteiger partial charge in [0.2, 0.25) is 5.91 Å². The number of nitrogens with zero attached hydrogens (tertiary/aromatic N) is 4. The van der Waals surface area contributed by atoms with Crippen LogP contribution in [0.15, 0.2) is 24.3 Å². The van der Waals surface area contributed by atoms with E-state index in [0.717, 1.165) is 43.5 Å². The van der Waals surface area contributed by atoms with Crippen LogP contribution in [0.4, 0.5) is 5.82 Å². The summed E-state index contributed by atoms with van der Waals surface area (Å²) in [6.07, 6.45) is 2.64. The lowest BCUT2D eigenvalue weighted by Gasteiger charge is -2.36. The summed E-state index contributed by atoms with van der Waals surface area (Å²) in [7, 11) is 0. The second kappa shape index (κ2) is 10.5. The summed E-state index contributed by atoms with van der Waals surface area (Å²) >= 11 is 0. The number of benzene rings is 1. The number of nitrogens with one attached hydrogen (secondary N) is 1. The van der Waals surface area contributed by atoms with E-state index in [-0.39, 0.29) is 23.1 Å². The van der Waals surface area contributed by atoms with Crippen LogP contribution in [0.5, 0.6) is 0 Å². The van der Waals surface area contributed by atoms with E-state index in [1.807, 2.05) is 18.7 Å². The molecule has 194 valence electrons. The van der Waals surface area contributed by atoms with Crippen LogP contribution >= 0.6 is 0 Å². The number of nitrogens with two attached hydrogens (primary N) is 1. The summed E-state index contributed by atoms with van der Waals surface area (Å²) in [4.78, 5) is 38.3. The highest BCUT2D eigenvalue weighted by Gasteiger charge is 2.34. The number of carbonyl (C=O) groups excluding carboxylic acids is 2. The van der Waals surface area contributed by atoms with Crippen molar-refractivity contribution < 1.29 is 9.59 Å². The Morgan fingerprint density at radius 1 is 1.03 bits per heavy atom. The molecular formula is C28H40N6O2. The minimum absolute atomic E-state index is 0.0366. The zero-order chi connectivity index (χ0) is 26.0. The van der Waals surface area contributed by atoms with E-state index < -0.39 is 0 Å². The second-order valence-corrected chi connectivity index (χ2v) is 11.3. The molecule has 8 heteroatoms. The van der Waals surface area contributed by atoms with Gasteiger partial charge in [-0.15, -0.1) is 0 Å². The molecule has 0 bridgehead atoms. The van der Waals surface area contributed by atoms with E-state index >= 15 is 0 Å². The molecule has 2 aliphatic heterocycles. The molecule has 0 unspecified atom stereocenters. The molecule has 0 aliphatic carbocycles. The van der Waals surface area contributed by atoms with E-state index in [1.165, 1.54) is 5.56 Å². The fourth-order valence-electron chi connectivity index (χ4n) is 5.25. The molecule has 3 heterocycles. The predicted octanol–water partition coefficient (Wildman–Crippen LogP) is 3.41. The first-order valence-corrected chi connectivity index (χ1v) is 13.0. The van der Waals surface area contributed by atoms with Crippen molar-refractivity contribution in [2.75, 3.05) is 31.5 Å². The zero-order valence-corrected chi connectivity index (χ0v) is 22.3. The van der Waals surface area contributed by atoms with Crippen molar-refractivity contribution in [1.82, 2.24) is 19.8 Å². The van der Waals surface area contributed by atoms with Crippen molar-refractivity contribution in [2.45, 2.75) is 71.9 Å². The largest absolute Gasteiger partial charge is 0.369 e. The van der Waals surface area contributed by atoms with Crippen LogP contribution < -0.4 is 11.1 Å². The van der Waals surface area contributed by atoms with E-state index in [4.69, 9.17) is 5.73 Å². The van der Waals surface area contributed by atoms with Gasteiger partial charge in [0.05, 0.1) is 5.92 Å². The van der Waals surface area contributed by atoms with Gasteiger partial charge in [0, 0.05) is 37.8 Å². The first-order chi connectivity index (χ1) is 17.0. The number of amides is 2. The summed E-state index contributed by atoms with van der Waals surface area (Å²) in [6.45, 7) is 14.0. The van der Waals surface area contributed by atoms with E-state index in [9.17, 15) is 9.59 Å². The Morgan fingerprint density at radius 2 is 1.69 bits per heavy atom. The highest BCUT2D eigenvalue weighted by Crippen LogP contribution is 2.26.